The molecule has 0 bridgehead atoms. The molecule has 1 fully saturated rings. The summed E-state index contributed by atoms with van der Waals surface area (Å²) in [5, 5.41) is 14.3. The van der Waals surface area contributed by atoms with Gasteiger partial charge in [0, 0.05) is 5.71 Å². The molecule has 1 N–H and O–H groups in total. The van der Waals surface area contributed by atoms with Crippen LogP contribution in [0.4, 0.5) is 13.2 Å². The highest BCUT2D eigenvalue weighted by molar-refractivity contribution is 7.89. The molecule has 2 atom stereocenters. The highest BCUT2D eigenvalue weighted by Gasteiger charge is 2.69. The van der Waals surface area contributed by atoms with E-state index < -0.39 is 27.8 Å². The Kier molecular flexibility index (Phi) is 4.35. The fourth-order valence-corrected chi connectivity index (χ4v) is 4.89. The second-order valence-electron chi connectivity index (χ2n) is 6.53. The van der Waals surface area contributed by atoms with Crippen LogP contribution in [-0.4, -0.2) is 35.6 Å². The summed E-state index contributed by atoms with van der Waals surface area (Å²) in [6, 6.07) is 5.41. The van der Waals surface area contributed by atoms with Gasteiger partial charge in [-0.1, -0.05) is 30.5 Å². The molecule has 0 amide bonds. The number of hydrogen-bond acceptors (Lipinski definition) is 4. The Morgan fingerprint density at radius 1 is 1.20 bits per heavy atom. The van der Waals surface area contributed by atoms with Gasteiger partial charge in [0.25, 0.3) is 15.7 Å². The first-order valence-corrected chi connectivity index (χ1v) is 9.51. The number of nitrogens with zero attached hydrogens (tertiary/aromatic N) is 2. The Bertz CT molecular complexity index is 790. The van der Waals surface area contributed by atoms with Crippen LogP contribution in [0, 0.1) is 12.8 Å². The first-order valence-electron chi connectivity index (χ1n) is 8.07. The summed E-state index contributed by atoms with van der Waals surface area (Å²) < 4.78 is 66.8. The molecule has 2 aliphatic rings. The lowest BCUT2D eigenvalue weighted by Crippen LogP contribution is -2.60. The minimum Gasteiger partial charge on any atom is -0.361 e. The van der Waals surface area contributed by atoms with Crippen LogP contribution in [0.25, 0.3) is 0 Å². The molecule has 0 spiro atoms. The summed E-state index contributed by atoms with van der Waals surface area (Å²) in [5.41, 5.74) is -2.67. The van der Waals surface area contributed by atoms with Crippen molar-refractivity contribution in [3.63, 3.8) is 0 Å². The van der Waals surface area contributed by atoms with Crippen LogP contribution in [0.3, 0.4) is 0 Å². The maximum absolute atomic E-state index is 13.8. The number of hydrogen-bond donors (Lipinski definition) is 1. The molecule has 25 heavy (non-hydrogen) atoms. The molecule has 1 aliphatic heterocycles. The van der Waals surface area contributed by atoms with E-state index in [1.807, 2.05) is 0 Å². The van der Waals surface area contributed by atoms with Gasteiger partial charge in [0.05, 0.1) is 10.8 Å². The Morgan fingerprint density at radius 3 is 2.44 bits per heavy atom. The Labute approximate surface area is 144 Å². The third-order valence-corrected chi connectivity index (χ3v) is 6.47. The van der Waals surface area contributed by atoms with Crippen molar-refractivity contribution in [2.45, 2.75) is 55.8 Å². The van der Waals surface area contributed by atoms with E-state index >= 15 is 0 Å². The number of hydrazone groups is 1. The smallest absolute Gasteiger partial charge is 0.361 e. The average Bonchev–Trinajstić information content (AvgIpc) is 2.69. The number of halogens is 3. The molecular weight excluding hydrogens is 357 g/mol. The number of alkyl halides is 3. The van der Waals surface area contributed by atoms with Crippen LogP contribution in [0.2, 0.25) is 0 Å². The van der Waals surface area contributed by atoms with Gasteiger partial charge >= 0.3 is 6.18 Å². The standard InChI is InChI=1S/C16H19F3N2O3S/c1-11-7-9-12(10-8-11)25(23,24)21-15(22,16(17,18)19)13-5-3-2-4-6-14(13)20-21/h7-10,13,22H,2-6H2,1H3. The molecule has 1 aromatic carbocycles. The third kappa shape index (κ3) is 2.83. The lowest BCUT2D eigenvalue weighted by atomic mass is 9.88. The summed E-state index contributed by atoms with van der Waals surface area (Å²) >= 11 is 0. The van der Waals surface area contributed by atoms with Crippen LogP contribution in [0.15, 0.2) is 34.3 Å². The monoisotopic (exact) mass is 376 g/mol. The minimum atomic E-state index is -5.16. The van der Waals surface area contributed by atoms with Gasteiger partial charge in [-0.2, -0.15) is 26.7 Å². The second kappa shape index (κ2) is 5.98. The summed E-state index contributed by atoms with van der Waals surface area (Å²) in [6.45, 7) is 1.73. The molecule has 1 aliphatic carbocycles. The van der Waals surface area contributed by atoms with Crippen molar-refractivity contribution in [1.29, 1.82) is 0 Å². The Hall–Kier alpha value is -1.61. The molecule has 2 unspecified atom stereocenters. The zero-order valence-corrected chi connectivity index (χ0v) is 14.4. The van der Waals surface area contributed by atoms with Crippen molar-refractivity contribution in [1.82, 2.24) is 4.41 Å². The number of aryl methyl sites for hydroxylation is 1. The normalized spacial score (nSPS) is 27.6. The highest BCUT2D eigenvalue weighted by Crippen LogP contribution is 2.49. The van der Waals surface area contributed by atoms with Crippen molar-refractivity contribution < 1.29 is 26.7 Å². The molecule has 1 saturated carbocycles. The van der Waals surface area contributed by atoms with Crippen molar-refractivity contribution in [2.24, 2.45) is 11.0 Å². The van der Waals surface area contributed by atoms with Gasteiger partial charge in [-0.15, -0.1) is 4.41 Å². The van der Waals surface area contributed by atoms with Crippen molar-refractivity contribution >= 4 is 15.7 Å². The van der Waals surface area contributed by atoms with Gasteiger partial charge in [-0.05, 0) is 38.3 Å². The molecule has 0 aromatic heterocycles. The van der Waals surface area contributed by atoms with Gasteiger partial charge in [0.15, 0.2) is 0 Å². The zero-order valence-electron chi connectivity index (χ0n) is 13.6. The highest BCUT2D eigenvalue weighted by atomic mass is 32.2. The van der Waals surface area contributed by atoms with Gasteiger partial charge in [0.2, 0.25) is 0 Å². The van der Waals surface area contributed by atoms with Gasteiger partial charge in [-0.25, -0.2) is 0 Å². The van der Waals surface area contributed by atoms with Crippen LogP contribution in [0.5, 0.6) is 0 Å². The number of rotatable bonds is 2. The maximum Gasteiger partial charge on any atom is 0.439 e. The molecule has 3 rings (SSSR count). The van der Waals surface area contributed by atoms with E-state index in [9.17, 15) is 26.7 Å². The van der Waals surface area contributed by atoms with Crippen LogP contribution < -0.4 is 0 Å². The van der Waals surface area contributed by atoms with Gasteiger partial charge in [-0.3, -0.25) is 0 Å². The SMILES string of the molecule is Cc1ccc(S(=O)(=O)N2N=C3CCCCCC3C2(O)C(F)(F)F)cc1. The van der Waals surface area contributed by atoms with Crippen LogP contribution in [0.1, 0.15) is 37.7 Å². The zero-order chi connectivity index (χ0) is 18.5. The fourth-order valence-electron chi connectivity index (χ4n) is 3.40. The third-order valence-electron chi connectivity index (χ3n) is 4.79. The van der Waals surface area contributed by atoms with E-state index in [0.29, 0.717) is 12.8 Å². The summed E-state index contributed by atoms with van der Waals surface area (Å²) in [6.07, 6.45) is -3.01. The first-order chi connectivity index (χ1) is 11.6. The topological polar surface area (TPSA) is 70.0 Å². The fraction of sp³-hybridized carbons (Fsp3) is 0.562. The molecule has 5 nitrogen and oxygen atoms in total. The van der Waals surface area contributed by atoms with E-state index in [1.54, 1.807) is 6.92 Å². The predicted molar refractivity (Wildman–Crippen MR) is 85.2 cm³/mol. The number of sulfonamides is 1. The van der Waals surface area contributed by atoms with Crippen molar-refractivity contribution in [2.75, 3.05) is 0 Å². The first kappa shape index (κ1) is 18.2. The van der Waals surface area contributed by atoms with Crippen LogP contribution in [-0.2, 0) is 10.0 Å². The summed E-state index contributed by atoms with van der Waals surface area (Å²) in [5.74, 6) is -1.37. The number of benzene rings is 1. The maximum atomic E-state index is 13.8. The summed E-state index contributed by atoms with van der Waals surface area (Å²) in [7, 11) is -4.64. The predicted octanol–water partition coefficient (Wildman–Crippen LogP) is 3.19. The number of aliphatic hydroxyl groups is 1. The minimum absolute atomic E-state index is 0.0504. The molecule has 138 valence electrons. The quantitative estimate of drug-likeness (QED) is 0.862. The van der Waals surface area contributed by atoms with E-state index in [-0.39, 0.29) is 27.9 Å². The van der Waals surface area contributed by atoms with Gasteiger partial charge in [0.1, 0.15) is 0 Å². The second-order valence-corrected chi connectivity index (χ2v) is 8.30. The molecule has 0 radical (unpaired) electrons. The molecule has 9 heteroatoms. The van der Waals surface area contributed by atoms with Gasteiger partial charge < -0.3 is 5.11 Å². The molecule has 0 saturated heterocycles. The van der Waals surface area contributed by atoms with E-state index in [4.69, 9.17) is 0 Å². The lowest BCUT2D eigenvalue weighted by Gasteiger charge is -2.37. The summed E-state index contributed by atoms with van der Waals surface area (Å²) in [4.78, 5) is -0.332. The van der Waals surface area contributed by atoms with E-state index in [1.165, 1.54) is 24.3 Å². The van der Waals surface area contributed by atoms with Crippen LogP contribution >= 0.6 is 0 Å². The largest absolute Gasteiger partial charge is 0.439 e. The van der Waals surface area contributed by atoms with Crippen molar-refractivity contribution in [3.05, 3.63) is 29.8 Å². The van der Waals surface area contributed by atoms with E-state index in [2.05, 4.69) is 5.10 Å². The molecular formula is C16H19F3N2O3S. The van der Waals surface area contributed by atoms with Crippen molar-refractivity contribution in [3.8, 4) is 0 Å². The molecule has 1 heterocycles. The Balaban J connectivity index is 2.13. The molecule has 1 aromatic rings. The number of fused-ring (bicyclic) bond motifs is 1. The average molecular weight is 376 g/mol. The van der Waals surface area contributed by atoms with E-state index in [0.717, 1.165) is 12.0 Å². The Morgan fingerprint density at radius 2 is 1.84 bits per heavy atom. The lowest BCUT2D eigenvalue weighted by molar-refractivity contribution is -0.306.